The van der Waals surface area contributed by atoms with Crippen LogP contribution in [0.3, 0.4) is 0 Å². The Kier molecular flexibility index (Phi) is 4.12. The minimum Gasteiger partial charge on any atom is -0.369 e. The molecular weight excluding hydrogens is 361 g/mol. The van der Waals surface area contributed by atoms with E-state index in [1.807, 2.05) is 48.6 Å². The van der Waals surface area contributed by atoms with Gasteiger partial charge in [-0.15, -0.1) is 0 Å². The van der Waals surface area contributed by atoms with Gasteiger partial charge in [0.2, 0.25) is 5.91 Å². The fourth-order valence-electron chi connectivity index (χ4n) is 2.05. The Bertz CT molecular complexity index is 509. The Balaban J connectivity index is 2.32. The zero-order valence-corrected chi connectivity index (χ0v) is 12.6. The number of carbonyl (C=O) groups excluding carboxylic acids is 1. The van der Waals surface area contributed by atoms with E-state index in [9.17, 15) is 4.79 Å². The highest BCUT2D eigenvalue weighted by molar-refractivity contribution is 14.1. The second kappa shape index (κ2) is 5.45. The molecular formula is C14H13ClINO. The van der Waals surface area contributed by atoms with Crippen molar-refractivity contribution in [2.45, 2.75) is 10.3 Å². The molecule has 4 heteroatoms. The Hall–Kier alpha value is -0.810. The number of carbonyl (C=O) groups is 1. The first-order valence-electron chi connectivity index (χ1n) is 5.59. The third-order valence-electron chi connectivity index (χ3n) is 3.15. The maximum absolute atomic E-state index is 11.9. The van der Waals surface area contributed by atoms with E-state index in [2.05, 4.69) is 22.6 Å². The Morgan fingerprint density at radius 1 is 1.33 bits per heavy atom. The number of allylic oxidation sites excluding steroid dienone is 3. The Labute approximate surface area is 125 Å². The second-order valence-corrected chi connectivity index (χ2v) is 6.13. The van der Waals surface area contributed by atoms with Crippen molar-refractivity contribution in [2.24, 2.45) is 11.1 Å². The summed E-state index contributed by atoms with van der Waals surface area (Å²) in [5, 5.41) is 0.692. The van der Waals surface area contributed by atoms with Crippen molar-refractivity contribution in [3.05, 3.63) is 59.2 Å². The van der Waals surface area contributed by atoms with Gasteiger partial charge >= 0.3 is 0 Å². The van der Waals surface area contributed by atoms with E-state index >= 15 is 0 Å². The minimum absolute atomic E-state index is 0.0632. The molecule has 1 aliphatic rings. The molecule has 0 aromatic heterocycles. The monoisotopic (exact) mass is 373 g/mol. The van der Waals surface area contributed by atoms with Crippen molar-refractivity contribution in [1.82, 2.24) is 0 Å². The summed E-state index contributed by atoms with van der Waals surface area (Å²) < 4.78 is 0.0632. The first kappa shape index (κ1) is 13.6. The minimum atomic E-state index is -0.650. The summed E-state index contributed by atoms with van der Waals surface area (Å²) in [5.41, 5.74) is 6.02. The number of amides is 1. The number of alkyl halides is 1. The lowest BCUT2D eigenvalue weighted by Gasteiger charge is -2.32. The van der Waals surface area contributed by atoms with Crippen LogP contribution in [0, 0.1) is 5.41 Å². The molecule has 0 heterocycles. The predicted octanol–water partition coefficient (Wildman–Crippen LogP) is 3.28. The van der Waals surface area contributed by atoms with Crippen LogP contribution < -0.4 is 5.73 Å². The molecule has 0 saturated carbocycles. The zero-order valence-electron chi connectivity index (χ0n) is 9.64. The molecule has 0 radical (unpaired) electrons. The number of halogens is 2. The smallest absolute Gasteiger partial charge is 0.229 e. The van der Waals surface area contributed by atoms with E-state index in [1.165, 1.54) is 0 Å². The molecule has 0 fully saturated rings. The van der Waals surface area contributed by atoms with Crippen LogP contribution in [0.5, 0.6) is 0 Å². The van der Waals surface area contributed by atoms with Gasteiger partial charge in [-0.3, -0.25) is 4.79 Å². The van der Waals surface area contributed by atoms with E-state index in [0.717, 1.165) is 5.56 Å². The maximum atomic E-state index is 11.9. The summed E-state index contributed by atoms with van der Waals surface area (Å²) in [7, 11) is 0. The molecule has 1 aromatic carbocycles. The van der Waals surface area contributed by atoms with Crippen LogP contribution >= 0.6 is 34.2 Å². The van der Waals surface area contributed by atoms with Gasteiger partial charge in [-0.2, -0.15) is 0 Å². The Morgan fingerprint density at radius 2 is 2.00 bits per heavy atom. The molecule has 1 amide bonds. The molecule has 0 spiro atoms. The summed E-state index contributed by atoms with van der Waals surface area (Å²) in [4.78, 5) is 11.9. The lowest BCUT2D eigenvalue weighted by Crippen LogP contribution is -2.44. The topological polar surface area (TPSA) is 43.1 Å². The third kappa shape index (κ3) is 2.62. The number of nitrogens with two attached hydrogens (primary N) is 1. The molecule has 94 valence electrons. The maximum Gasteiger partial charge on any atom is 0.229 e. The fourth-order valence-corrected chi connectivity index (χ4v) is 3.15. The summed E-state index contributed by atoms with van der Waals surface area (Å²) in [6.07, 6.45) is 8.33. The van der Waals surface area contributed by atoms with Gasteiger partial charge in [-0.1, -0.05) is 70.6 Å². The first-order valence-corrected chi connectivity index (χ1v) is 7.21. The van der Waals surface area contributed by atoms with Crippen LogP contribution in [0.25, 0.3) is 0 Å². The van der Waals surface area contributed by atoms with Gasteiger partial charge < -0.3 is 5.73 Å². The first-order chi connectivity index (χ1) is 8.54. The zero-order chi connectivity index (χ0) is 13.2. The average molecular weight is 374 g/mol. The molecule has 1 aromatic rings. The highest BCUT2D eigenvalue weighted by Gasteiger charge is 2.40. The molecule has 0 saturated heterocycles. The van der Waals surface area contributed by atoms with Crippen molar-refractivity contribution >= 4 is 40.1 Å². The molecule has 0 aliphatic heterocycles. The molecule has 2 nitrogen and oxygen atoms in total. The number of rotatable bonds is 3. The van der Waals surface area contributed by atoms with Crippen molar-refractivity contribution in [2.75, 3.05) is 0 Å². The van der Waals surface area contributed by atoms with Crippen LogP contribution in [-0.4, -0.2) is 9.83 Å². The number of hydrogen-bond donors (Lipinski definition) is 1. The molecule has 2 N–H and O–H groups in total. The molecule has 18 heavy (non-hydrogen) atoms. The Morgan fingerprint density at radius 3 is 2.56 bits per heavy atom. The highest BCUT2D eigenvalue weighted by atomic mass is 127. The molecule has 0 bridgehead atoms. The standard InChI is InChI=1S/C14H13ClINO/c15-11-6-4-10(5-7-11)9-14(13(17)18)8-2-1-3-12(14)16/h1-8,12H,9H2,(H2,17,18). The van der Waals surface area contributed by atoms with E-state index in [0.29, 0.717) is 11.4 Å². The van der Waals surface area contributed by atoms with Gasteiger partial charge in [0, 0.05) is 8.95 Å². The van der Waals surface area contributed by atoms with Crippen LogP contribution in [0.15, 0.2) is 48.6 Å². The number of hydrogen-bond acceptors (Lipinski definition) is 1. The fraction of sp³-hybridized carbons (Fsp3) is 0.214. The van der Waals surface area contributed by atoms with Crippen molar-refractivity contribution < 1.29 is 4.79 Å². The summed E-state index contributed by atoms with van der Waals surface area (Å²) in [6, 6.07) is 7.53. The van der Waals surface area contributed by atoms with Crippen molar-refractivity contribution in [3.63, 3.8) is 0 Å². The molecule has 2 rings (SSSR count). The van der Waals surface area contributed by atoms with Crippen molar-refractivity contribution in [3.8, 4) is 0 Å². The lowest BCUT2D eigenvalue weighted by molar-refractivity contribution is -0.124. The number of benzene rings is 1. The van der Waals surface area contributed by atoms with Crippen LogP contribution in [-0.2, 0) is 11.2 Å². The molecule has 1 aliphatic carbocycles. The van der Waals surface area contributed by atoms with E-state index in [4.69, 9.17) is 17.3 Å². The van der Waals surface area contributed by atoms with Gasteiger partial charge in [-0.25, -0.2) is 0 Å². The van der Waals surface area contributed by atoms with Crippen LogP contribution in [0.4, 0.5) is 0 Å². The largest absolute Gasteiger partial charge is 0.369 e. The van der Waals surface area contributed by atoms with Gasteiger partial charge in [0.25, 0.3) is 0 Å². The van der Waals surface area contributed by atoms with Crippen LogP contribution in [0.1, 0.15) is 5.56 Å². The van der Waals surface area contributed by atoms with Gasteiger partial charge in [0.05, 0.1) is 5.41 Å². The van der Waals surface area contributed by atoms with Gasteiger partial charge in [0.15, 0.2) is 0 Å². The van der Waals surface area contributed by atoms with Crippen molar-refractivity contribution in [1.29, 1.82) is 0 Å². The summed E-state index contributed by atoms with van der Waals surface area (Å²) >= 11 is 8.12. The SMILES string of the molecule is NC(=O)C1(Cc2ccc(Cl)cc2)C=CC=CC1I. The van der Waals surface area contributed by atoms with Crippen LogP contribution in [0.2, 0.25) is 5.02 Å². The lowest BCUT2D eigenvalue weighted by atomic mass is 9.76. The predicted molar refractivity (Wildman–Crippen MR) is 82.9 cm³/mol. The quantitative estimate of drug-likeness (QED) is 0.641. The van der Waals surface area contributed by atoms with Gasteiger partial charge in [0.1, 0.15) is 0 Å². The third-order valence-corrected chi connectivity index (χ3v) is 4.92. The summed E-state index contributed by atoms with van der Waals surface area (Å²) in [5.74, 6) is -0.294. The second-order valence-electron chi connectivity index (χ2n) is 4.35. The number of primary amides is 1. The molecule has 2 unspecified atom stereocenters. The summed E-state index contributed by atoms with van der Waals surface area (Å²) in [6.45, 7) is 0. The highest BCUT2D eigenvalue weighted by Crippen LogP contribution is 2.37. The van der Waals surface area contributed by atoms with E-state index < -0.39 is 5.41 Å². The van der Waals surface area contributed by atoms with Gasteiger partial charge in [-0.05, 0) is 24.1 Å². The van der Waals surface area contributed by atoms with E-state index in [-0.39, 0.29) is 9.83 Å². The molecule has 2 atom stereocenters. The average Bonchev–Trinajstić information content (AvgIpc) is 2.35. The van der Waals surface area contributed by atoms with E-state index in [1.54, 1.807) is 0 Å². The normalized spacial score (nSPS) is 26.2.